The average Bonchev–Trinajstić information content (AvgIpc) is 3.06. The number of nitrogens with zero attached hydrogens (tertiary/aromatic N) is 1. The Hall–Kier alpha value is -5.47. The highest BCUT2D eigenvalue weighted by Gasteiger charge is 2.18. The van der Waals surface area contributed by atoms with Crippen molar-refractivity contribution in [3.05, 3.63) is 181 Å². The van der Waals surface area contributed by atoms with E-state index >= 15 is 0 Å². The Kier molecular flexibility index (Phi) is 7.38. The highest BCUT2D eigenvalue weighted by molar-refractivity contribution is 6.13. The summed E-state index contributed by atoms with van der Waals surface area (Å²) < 4.78 is 0. The maximum absolute atomic E-state index is 13.5. The Bertz CT molecular complexity index is 1770. The number of benzene rings is 6. The molecule has 2 heteroatoms. The van der Waals surface area contributed by atoms with E-state index in [0.717, 1.165) is 33.8 Å². The van der Waals surface area contributed by atoms with E-state index in [4.69, 9.17) is 0 Å². The summed E-state index contributed by atoms with van der Waals surface area (Å²) in [4.78, 5) is 15.8. The van der Waals surface area contributed by atoms with Gasteiger partial charge in [0, 0.05) is 33.8 Å². The molecule has 0 saturated carbocycles. The number of rotatable bonds is 8. The third-order valence-electron chi connectivity index (χ3n) is 7.26. The lowest BCUT2D eigenvalue weighted by Gasteiger charge is -2.26. The van der Waals surface area contributed by atoms with Crippen LogP contribution >= 0.6 is 0 Å². The van der Waals surface area contributed by atoms with E-state index in [1.165, 1.54) is 11.1 Å². The van der Waals surface area contributed by atoms with Crippen molar-refractivity contribution in [3.8, 4) is 22.3 Å². The summed E-state index contributed by atoms with van der Waals surface area (Å²) >= 11 is 0. The fourth-order valence-corrected chi connectivity index (χ4v) is 5.23. The lowest BCUT2D eigenvalue weighted by atomic mass is 9.90. The van der Waals surface area contributed by atoms with Crippen LogP contribution in [0, 0.1) is 0 Å². The molecule has 0 aliphatic rings. The first-order valence-electron chi connectivity index (χ1n) is 13.7. The standard InChI is InChI=1S/C39H29NO/c1-2-29-17-12-20-37(39(41)33-15-8-4-9-16-33)38(29)32-23-27-36(28-24-32)40(34-18-10-5-11-19-34)35-25-21-31(22-26-35)30-13-6-3-7-14-30/h2-28H,1H2. The van der Waals surface area contributed by atoms with Crippen molar-refractivity contribution < 1.29 is 4.79 Å². The molecule has 0 fully saturated rings. The Labute approximate surface area is 241 Å². The normalized spacial score (nSPS) is 10.6. The molecule has 6 aromatic carbocycles. The molecule has 0 radical (unpaired) electrons. The Morgan fingerprint density at radius 1 is 0.488 bits per heavy atom. The first-order valence-corrected chi connectivity index (χ1v) is 13.7. The Morgan fingerprint density at radius 3 is 1.56 bits per heavy atom. The van der Waals surface area contributed by atoms with Gasteiger partial charge < -0.3 is 4.90 Å². The van der Waals surface area contributed by atoms with Crippen LogP contribution in [0.15, 0.2) is 164 Å². The van der Waals surface area contributed by atoms with Crippen LogP contribution in [-0.2, 0) is 0 Å². The molecule has 196 valence electrons. The monoisotopic (exact) mass is 527 g/mol. The zero-order valence-electron chi connectivity index (χ0n) is 22.7. The maximum Gasteiger partial charge on any atom is 0.193 e. The molecule has 0 heterocycles. The number of ketones is 1. The molecule has 2 nitrogen and oxygen atoms in total. The lowest BCUT2D eigenvalue weighted by molar-refractivity contribution is 0.103. The number of hydrogen-bond acceptors (Lipinski definition) is 2. The van der Waals surface area contributed by atoms with Crippen LogP contribution in [0.4, 0.5) is 17.1 Å². The average molecular weight is 528 g/mol. The molecular formula is C39H29NO. The van der Waals surface area contributed by atoms with Crippen LogP contribution in [0.2, 0.25) is 0 Å². The third kappa shape index (κ3) is 5.36. The minimum absolute atomic E-state index is 0.00204. The molecule has 0 saturated heterocycles. The van der Waals surface area contributed by atoms with Gasteiger partial charge in [0.2, 0.25) is 0 Å². The summed E-state index contributed by atoms with van der Waals surface area (Å²) in [5.41, 5.74) is 9.64. The van der Waals surface area contributed by atoms with E-state index < -0.39 is 0 Å². The Morgan fingerprint density at radius 2 is 0.976 bits per heavy atom. The van der Waals surface area contributed by atoms with Crippen molar-refractivity contribution in [3.63, 3.8) is 0 Å². The van der Waals surface area contributed by atoms with Gasteiger partial charge in [0.1, 0.15) is 0 Å². The van der Waals surface area contributed by atoms with Gasteiger partial charge in [-0.2, -0.15) is 0 Å². The molecule has 0 amide bonds. The van der Waals surface area contributed by atoms with E-state index in [2.05, 4.69) is 109 Å². The first kappa shape index (κ1) is 25.8. The van der Waals surface area contributed by atoms with Crippen LogP contribution in [0.3, 0.4) is 0 Å². The van der Waals surface area contributed by atoms with Gasteiger partial charge in [0.05, 0.1) is 0 Å². The molecule has 0 N–H and O–H groups in total. The molecule has 0 unspecified atom stereocenters. The predicted octanol–water partition coefficient (Wildman–Crippen LogP) is 10.4. The first-order chi connectivity index (χ1) is 20.2. The minimum atomic E-state index is -0.00204. The van der Waals surface area contributed by atoms with Crippen LogP contribution in [-0.4, -0.2) is 5.78 Å². The van der Waals surface area contributed by atoms with E-state index in [-0.39, 0.29) is 5.78 Å². The second-order valence-corrected chi connectivity index (χ2v) is 9.80. The summed E-state index contributed by atoms with van der Waals surface area (Å²) in [5.74, 6) is -0.00204. The van der Waals surface area contributed by atoms with Crippen LogP contribution in [0.5, 0.6) is 0 Å². The smallest absolute Gasteiger partial charge is 0.193 e. The lowest BCUT2D eigenvalue weighted by Crippen LogP contribution is -2.10. The molecular weight excluding hydrogens is 498 g/mol. The SMILES string of the molecule is C=Cc1cccc(C(=O)c2ccccc2)c1-c1ccc(N(c2ccccc2)c2ccc(-c3ccccc3)cc2)cc1. The fraction of sp³-hybridized carbons (Fsp3) is 0. The van der Waals surface area contributed by atoms with Gasteiger partial charge in [-0.15, -0.1) is 0 Å². The van der Waals surface area contributed by atoms with Crippen LogP contribution < -0.4 is 4.90 Å². The number of carbonyl (C=O) groups is 1. The van der Waals surface area contributed by atoms with Crippen LogP contribution in [0.25, 0.3) is 28.3 Å². The van der Waals surface area contributed by atoms with Crippen molar-refractivity contribution >= 4 is 28.9 Å². The van der Waals surface area contributed by atoms with E-state index in [1.807, 2.05) is 66.7 Å². The summed E-state index contributed by atoms with van der Waals surface area (Å²) in [7, 11) is 0. The second kappa shape index (κ2) is 11.7. The van der Waals surface area contributed by atoms with E-state index in [1.54, 1.807) is 0 Å². The molecule has 0 spiro atoms. The van der Waals surface area contributed by atoms with Gasteiger partial charge in [-0.25, -0.2) is 0 Å². The van der Waals surface area contributed by atoms with Gasteiger partial charge in [-0.3, -0.25) is 4.79 Å². The van der Waals surface area contributed by atoms with Crippen molar-refractivity contribution in [2.45, 2.75) is 0 Å². The second-order valence-electron chi connectivity index (χ2n) is 9.80. The van der Waals surface area contributed by atoms with Gasteiger partial charge >= 0.3 is 0 Å². The van der Waals surface area contributed by atoms with Gasteiger partial charge in [-0.05, 0) is 58.7 Å². The Balaban J connectivity index is 1.40. The zero-order chi connectivity index (χ0) is 28.0. The molecule has 0 aliphatic carbocycles. The van der Waals surface area contributed by atoms with Gasteiger partial charge in [-0.1, -0.05) is 134 Å². The van der Waals surface area contributed by atoms with E-state index in [9.17, 15) is 4.79 Å². The summed E-state index contributed by atoms with van der Waals surface area (Å²) in [6.45, 7) is 4.02. The number of para-hydroxylation sites is 1. The molecule has 41 heavy (non-hydrogen) atoms. The van der Waals surface area contributed by atoms with Crippen LogP contribution in [0.1, 0.15) is 21.5 Å². The van der Waals surface area contributed by atoms with Gasteiger partial charge in [0.25, 0.3) is 0 Å². The summed E-state index contributed by atoms with van der Waals surface area (Å²) in [6, 6.07) is 53.1. The third-order valence-corrected chi connectivity index (χ3v) is 7.26. The highest BCUT2D eigenvalue weighted by atomic mass is 16.1. The molecule has 0 aliphatic heterocycles. The molecule has 0 atom stereocenters. The molecule has 6 rings (SSSR count). The maximum atomic E-state index is 13.5. The van der Waals surface area contributed by atoms with Gasteiger partial charge in [0.15, 0.2) is 5.78 Å². The number of carbonyl (C=O) groups excluding carboxylic acids is 1. The van der Waals surface area contributed by atoms with Crippen molar-refractivity contribution in [2.24, 2.45) is 0 Å². The molecule has 0 aromatic heterocycles. The number of hydrogen-bond donors (Lipinski definition) is 0. The van der Waals surface area contributed by atoms with Crippen molar-refractivity contribution in [2.75, 3.05) is 4.90 Å². The molecule has 0 bridgehead atoms. The predicted molar refractivity (Wildman–Crippen MR) is 172 cm³/mol. The highest BCUT2D eigenvalue weighted by Crippen LogP contribution is 2.38. The fourth-order valence-electron chi connectivity index (χ4n) is 5.23. The number of anilines is 3. The minimum Gasteiger partial charge on any atom is -0.311 e. The molecule has 6 aromatic rings. The largest absolute Gasteiger partial charge is 0.311 e. The van der Waals surface area contributed by atoms with Crippen molar-refractivity contribution in [1.29, 1.82) is 0 Å². The summed E-state index contributed by atoms with van der Waals surface area (Å²) in [6.07, 6.45) is 1.82. The van der Waals surface area contributed by atoms with Crippen molar-refractivity contribution in [1.82, 2.24) is 0 Å². The quantitative estimate of drug-likeness (QED) is 0.184. The topological polar surface area (TPSA) is 20.3 Å². The zero-order valence-corrected chi connectivity index (χ0v) is 22.7. The van der Waals surface area contributed by atoms with E-state index in [0.29, 0.717) is 11.1 Å². The summed E-state index contributed by atoms with van der Waals surface area (Å²) in [5, 5.41) is 0.